The summed E-state index contributed by atoms with van der Waals surface area (Å²) < 4.78 is 5.98. The van der Waals surface area contributed by atoms with E-state index in [-0.39, 0.29) is 5.91 Å². The van der Waals surface area contributed by atoms with E-state index < -0.39 is 0 Å². The van der Waals surface area contributed by atoms with E-state index in [0.29, 0.717) is 11.5 Å². The molecule has 0 bridgehead atoms. The Bertz CT molecular complexity index is 1120. The van der Waals surface area contributed by atoms with Gasteiger partial charge in [0, 0.05) is 30.6 Å². The van der Waals surface area contributed by atoms with Gasteiger partial charge >= 0.3 is 0 Å². The van der Waals surface area contributed by atoms with Crippen LogP contribution >= 0.6 is 0 Å². The van der Waals surface area contributed by atoms with Crippen LogP contribution in [0.2, 0.25) is 0 Å². The summed E-state index contributed by atoms with van der Waals surface area (Å²) in [5.41, 5.74) is 3.49. The van der Waals surface area contributed by atoms with Crippen molar-refractivity contribution in [3.8, 4) is 11.5 Å². The molecule has 1 aliphatic rings. The number of carbonyl (C=O) groups excluding carboxylic acids is 1. The van der Waals surface area contributed by atoms with Gasteiger partial charge in [-0.1, -0.05) is 38.1 Å². The zero-order valence-corrected chi connectivity index (χ0v) is 18.6. The molecule has 0 fully saturated rings. The van der Waals surface area contributed by atoms with Gasteiger partial charge in [-0.25, -0.2) is 0 Å². The number of pyridine rings is 1. The second-order valence-electron chi connectivity index (χ2n) is 6.90. The number of hydrogen-bond donors (Lipinski definition) is 2. The fourth-order valence-corrected chi connectivity index (χ4v) is 3.07. The lowest BCUT2D eigenvalue weighted by molar-refractivity contribution is -0.111. The van der Waals surface area contributed by atoms with Gasteiger partial charge < -0.3 is 15.4 Å². The minimum absolute atomic E-state index is 0.185. The Labute approximate surface area is 189 Å². The molecule has 0 saturated carbocycles. The molecule has 6 heteroatoms. The number of amides is 1. The van der Waals surface area contributed by atoms with Crippen molar-refractivity contribution in [2.75, 3.05) is 18.4 Å². The number of ether oxygens (including phenoxy) is 1. The fraction of sp³-hybridized carbons (Fsp3) is 0.192. The molecule has 2 N–H and O–H groups in total. The van der Waals surface area contributed by atoms with Crippen molar-refractivity contribution in [2.45, 2.75) is 20.8 Å². The number of nitrogens with zero attached hydrogens (tertiary/aromatic N) is 2. The van der Waals surface area contributed by atoms with Gasteiger partial charge in [0.15, 0.2) is 0 Å². The highest BCUT2D eigenvalue weighted by molar-refractivity contribution is 6.02. The Morgan fingerprint density at radius 2 is 1.88 bits per heavy atom. The normalized spacial score (nSPS) is 12.4. The van der Waals surface area contributed by atoms with Gasteiger partial charge in [-0.15, -0.1) is 0 Å². The summed E-state index contributed by atoms with van der Waals surface area (Å²) in [5, 5.41) is 6.06. The highest BCUT2D eigenvalue weighted by Gasteiger charge is 2.10. The zero-order chi connectivity index (χ0) is 22.8. The quantitative estimate of drug-likeness (QED) is 0.529. The smallest absolute Gasteiger partial charge is 0.248 e. The summed E-state index contributed by atoms with van der Waals surface area (Å²) in [6.07, 6.45) is 4.97. The standard InChI is InChI=1S/C24H22N4O2.C2H6/c1-17-4-2-6-19(14-17)28-23(29)9-8-18-5-3-7-20(15-18)30-21-10-11-25-22(16-21)24-26-12-13-27-24;1-2/h2-11,14-16H,12-13H2,1H3,(H,26,27)(H,28,29);1-2H3/b9-8+;. The number of amidine groups is 1. The summed E-state index contributed by atoms with van der Waals surface area (Å²) in [5.74, 6) is 1.96. The third-order valence-electron chi connectivity index (χ3n) is 4.45. The van der Waals surface area contributed by atoms with Gasteiger partial charge in [-0.2, -0.15) is 0 Å². The summed E-state index contributed by atoms with van der Waals surface area (Å²) in [6, 6.07) is 18.9. The van der Waals surface area contributed by atoms with E-state index in [1.54, 1.807) is 18.3 Å². The molecule has 0 radical (unpaired) electrons. The number of aryl methyl sites for hydroxylation is 1. The molecule has 2 aromatic carbocycles. The molecule has 2 heterocycles. The summed E-state index contributed by atoms with van der Waals surface area (Å²) >= 11 is 0. The molecule has 1 aliphatic heterocycles. The number of anilines is 1. The van der Waals surface area contributed by atoms with E-state index in [1.807, 2.05) is 75.4 Å². The van der Waals surface area contributed by atoms with E-state index in [9.17, 15) is 4.79 Å². The fourth-order valence-electron chi connectivity index (χ4n) is 3.07. The molecule has 0 saturated heterocycles. The van der Waals surface area contributed by atoms with Crippen LogP contribution in [0.25, 0.3) is 6.08 Å². The number of nitrogens with one attached hydrogen (secondary N) is 2. The Balaban J connectivity index is 0.00000141. The van der Waals surface area contributed by atoms with Crippen molar-refractivity contribution in [2.24, 2.45) is 4.99 Å². The van der Waals surface area contributed by atoms with Crippen LogP contribution in [0, 0.1) is 6.92 Å². The molecular weight excluding hydrogens is 400 g/mol. The number of rotatable bonds is 6. The predicted molar refractivity (Wildman–Crippen MR) is 130 cm³/mol. The number of aliphatic imine (C=N–C) groups is 1. The van der Waals surface area contributed by atoms with Crippen LogP contribution in [0.4, 0.5) is 5.69 Å². The number of hydrogen-bond acceptors (Lipinski definition) is 5. The Morgan fingerprint density at radius 3 is 2.66 bits per heavy atom. The first-order valence-corrected chi connectivity index (χ1v) is 10.7. The average Bonchev–Trinajstić information content (AvgIpc) is 3.35. The Morgan fingerprint density at radius 1 is 1.06 bits per heavy atom. The molecule has 6 nitrogen and oxygen atoms in total. The molecule has 32 heavy (non-hydrogen) atoms. The first-order chi connectivity index (χ1) is 15.7. The first kappa shape index (κ1) is 22.7. The summed E-state index contributed by atoms with van der Waals surface area (Å²) in [6.45, 7) is 7.57. The molecule has 4 rings (SSSR count). The molecular formula is C26H28N4O2. The maximum absolute atomic E-state index is 12.2. The van der Waals surface area contributed by atoms with Crippen molar-refractivity contribution in [3.63, 3.8) is 0 Å². The molecule has 0 aliphatic carbocycles. The molecule has 164 valence electrons. The van der Waals surface area contributed by atoms with Crippen molar-refractivity contribution < 1.29 is 9.53 Å². The minimum atomic E-state index is -0.185. The molecule has 1 aromatic heterocycles. The largest absolute Gasteiger partial charge is 0.457 e. The average molecular weight is 429 g/mol. The van der Waals surface area contributed by atoms with Crippen molar-refractivity contribution in [3.05, 3.63) is 89.8 Å². The van der Waals surface area contributed by atoms with Gasteiger partial charge in [0.1, 0.15) is 23.0 Å². The van der Waals surface area contributed by atoms with E-state index in [2.05, 4.69) is 20.6 Å². The second-order valence-corrected chi connectivity index (χ2v) is 6.90. The van der Waals surface area contributed by atoms with Crippen LogP contribution < -0.4 is 15.4 Å². The molecule has 3 aromatic rings. The third-order valence-corrected chi connectivity index (χ3v) is 4.45. The topological polar surface area (TPSA) is 75.6 Å². The van der Waals surface area contributed by atoms with Gasteiger partial charge in [0.05, 0.1) is 6.54 Å². The van der Waals surface area contributed by atoms with Crippen molar-refractivity contribution in [1.29, 1.82) is 0 Å². The van der Waals surface area contributed by atoms with Crippen LogP contribution in [-0.2, 0) is 4.79 Å². The van der Waals surface area contributed by atoms with E-state index in [1.165, 1.54) is 6.08 Å². The van der Waals surface area contributed by atoms with E-state index in [0.717, 1.165) is 41.4 Å². The maximum Gasteiger partial charge on any atom is 0.248 e. The highest BCUT2D eigenvalue weighted by atomic mass is 16.5. The maximum atomic E-state index is 12.2. The van der Waals surface area contributed by atoms with E-state index in [4.69, 9.17) is 4.74 Å². The zero-order valence-electron chi connectivity index (χ0n) is 18.6. The van der Waals surface area contributed by atoms with Gasteiger partial charge in [-0.3, -0.25) is 14.8 Å². The van der Waals surface area contributed by atoms with Crippen LogP contribution in [0.3, 0.4) is 0 Å². The predicted octanol–water partition coefficient (Wildman–Crippen LogP) is 5.21. The van der Waals surface area contributed by atoms with Crippen LogP contribution in [0.5, 0.6) is 11.5 Å². The molecule has 1 amide bonds. The van der Waals surface area contributed by atoms with Crippen molar-refractivity contribution in [1.82, 2.24) is 10.3 Å². The summed E-state index contributed by atoms with van der Waals surface area (Å²) in [4.78, 5) is 20.9. The second kappa shape index (κ2) is 11.5. The van der Waals surface area contributed by atoms with Crippen LogP contribution in [-0.4, -0.2) is 29.8 Å². The van der Waals surface area contributed by atoms with Crippen molar-refractivity contribution >= 4 is 23.5 Å². The molecule has 0 spiro atoms. The highest BCUT2D eigenvalue weighted by Crippen LogP contribution is 2.23. The SMILES string of the molecule is CC.Cc1cccc(NC(=O)/C=C/c2cccc(Oc3ccnc(C4=NCCN4)c3)c2)c1. The number of carbonyl (C=O) groups is 1. The third kappa shape index (κ3) is 6.54. The first-order valence-electron chi connectivity index (χ1n) is 10.7. The summed E-state index contributed by atoms with van der Waals surface area (Å²) in [7, 11) is 0. The molecule has 0 atom stereocenters. The lowest BCUT2D eigenvalue weighted by Crippen LogP contribution is -2.20. The minimum Gasteiger partial charge on any atom is -0.457 e. The number of aromatic nitrogens is 1. The van der Waals surface area contributed by atoms with E-state index >= 15 is 0 Å². The van der Waals surface area contributed by atoms with Gasteiger partial charge in [0.25, 0.3) is 0 Å². The van der Waals surface area contributed by atoms with Crippen LogP contribution in [0.15, 0.2) is 77.9 Å². The Kier molecular flexibility index (Phi) is 8.15. The number of benzene rings is 2. The van der Waals surface area contributed by atoms with Crippen LogP contribution in [0.1, 0.15) is 30.7 Å². The Hall–Kier alpha value is -3.93. The van der Waals surface area contributed by atoms with Gasteiger partial charge in [0.2, 0.25) is 5.91 Å². The molecule has 0 unspecified atom stereocenters. The van der Waals surface area contributed by atoms with Gasteiger partial charge in [-0.05, 0) is 54.5 Å². The monoisotopic (exact) mass is 428 g/mol. The lowest BCUT2D eigenvalue weighted by Gasteiger charge is -2.08. The lowest BCUT2D eigenvalue weighted by atomic mass is 10.2.